The van der Waals surface area contributed by atoms with Gasteiger partial charge in [-0.2, -0.15) is 0 Å². The zero-order valence-electron chi connectivity index (χ0n) is 16.7. The van der Waals surface area contributed by atoms with E-state index in [0.717, 1.165) is 16.7 Å². The Hall–Kier alpha value is -3.78. The number of aromatic nitrogens is 2. The van der Waals surface area contributed by atoms with Crippen molar-refractivity contribution in [3.8, 4) is 22.4 Å². The van der Waals surface area contributed by atoms with Crippen LogP contribution in [0, 0.1) is 0 Å². The predicted octanol–water partition coefficient (Wildman–Crippen LogP) is 3.37. The van der Waals surface area contributed by atoms with Crippen molar-refractivity contribution in [3.63, 3.8) is 0 Å². The van der Waals surface area contributed by atoms with Crippen molar-refractivity contribution in [3.05, 3.63) is 66.5 Å². The number of carbonyl (C=O) groups is 2. The molecule has 0 unspecified atom stereocenters. The third-order valence-corrected chi connectivity index (χ3v) is 4.26. The third kappa shape index (κ3) is 5.39. The molecule has 3 aromatic rings. The number of esters is 1. The Morgan fingerprint density at radius 3 is 2.43 bits per heavy atom. The Kier molecular flexibility index (Phi) is 7.07. The molecule has 2 N–H and O–H groups in total. The molecule has 0 fully saturated rings. The molecular weight excluding hydrogens is 384 g/mol. The average Bonchev–Trinajstić information content (AvgIpc) is 2.79. The van der Waals surface area contributed by atoms with Crippen LogP contribution in [-0.4, -0.2) is 49.3 Å². The Morgan fingerprint density at radius 1 is 1.00 bits per heavy atom. The molecule has 3 rings (SSSR count). The van der Waals surface area contributed by atoms with Crippen LogP contribution in [0.1, 0.15) is 10.4 Å². The number of urea groups is 1. The maximum Gasteiger partial charge on any atom is 0.338 e. The van der Waals surface area contributed by atoms with E-state index in [0.29, 0.717) is 18.8 Å². The van der Waals surface area contributed by atoms with Gasteiger partial charge in [-0.1, -0.05) is 30.3 Å². The molecule has 0 spiro atoms. The number of hydrogen-bond acceptors (Lipinski definition) is 6. The van der Waals surface area contributed by atoms with E-state index in [9.17, 15) is 9.59 Å². The largest absolute Gasteiger partial charge is 0.465 e. The lowest BCUT2D eigenvalue weighted by Crippen LogP contribution is -2.31. The Morgan fingerprint density at radius 2 is 1.77 bits per heavy atom. The van der Waals surface area contributed by atoms with Gasteiger partial charge in [-0.05, 0) is 29.3 Å². The standard InChI is InChI=1S/C22H22N4O4/c1-29-11-10-24-22(28)26-20-13-18(21(27)30-2)12-19(25-20)16-7-5-15(6-8-16)17-4-3-9-23-14-17/h3-9,12-14H,10-11H2,1-2H3,(H2,24,25,26,28). The van der Waals surface area contributed by atoms with E-state index >= 15 is 0 Å². The molecule has 154 valence electrons. The van der Waals surface area contributed by atoms with Gasteiger partial charge in [0.15, 0.2) is 0 Å². The second-order valence-corrected chi connectivity index (χ2v) is 6.31. The van der Waals surface area contributed by atoms with Crippen LogP contribution in [-0.2, 0) is 9.47 Å². The maximum absolute atomic E-state index is 12.1. The molecule has 1 aromatic carbocycles. The smallest absolute Gasteiger partial charge is 0.338 e. The number of carbonyl (C=O) groups excluding carboxylic acids is 2. The highest BCUT2D eigenvalue weighted by molar-refractivity contribution is 5.94. The summed E-state index contributed by atoms with van der Waals surface area (Å²) in [5.41, 5.74) is 3.60. The number of nitrogens with zero attached hydrogens (tertiary/aromatic N) is 2. The van der Waals surface area contributed by atoms with Crippen molar-refractivity contribution in [2.45, 2.75) is 0 Å². The number of ether oxygens (including phenoxy) is 2. The number of hydrogen-bond donors (Lipinski definition) is 2. The summed E-state index contributed by atoms with van der Waals surface area (Å²) >= 11 is 0. The first-order valence-corrected chi connectivity index (χ1v) is 9.25. The fourth-order valence-electron chi connectivity index (χ4n) is 2.77. The number of rotatable bonds is 7. The summed E-state index contributed by atoms with van der Waals surface area (Å²) in [6.07, 6.45) is 3.51. The second-order valence-electron chi connectivity index (χ2n) is 6.31. The molecule has 30 heavy (non-hydrogen) atoms. The zero-order valence-corrected chi connectivity index (χ0v) is 16.7. The van der Waals surface area contributed by atoms with Crippen molar-refractivity contribution < 1.29 is 19.1 Å². The summed E-state index contributed by atoms with van der Waals surface area (Å²) < 4.78 is 9.73. The first-order chi connectivity index (χ1) is 14.6. The second kappa shape index (κ2) is 10.1. The summed E-state index contributed by atoms with van der Waals surface area (Å²) in [6, 6.07) is 14.2. The molecule has 2 aromatic heterocycles. The van der Waals surface area contributed by atoms with Crippen LogP contribution in [0.15, 0.2) is 60.9 Å². The molecule has 2 amide bonds. The molecule has 2 heterocycles. The van der Waals surface area contributed by atoms with E-state index in [2.05, 4.69) is 20.6 Å². The molecule has 0 bridgehead atoms. The topological polar surface area (TPSA) is 102 Å². The summed E-state index contributed by atoms with van der Waals surface area (Å²) in [4.78, 5) is 32.7. The van der Waals surface area contributed by atoms with E-state index in [4.69, 9.17) is 9.47 Å². The normalized spacial score (nSPS) is 10.3. The minimum absolute atomic E-state index is 0.235. The van der Waals surface area contributed by atoms with Gasteiger partial charge >= 0.3 is 12.0 Å². The summed E-state index contributed by atoms with van der Waals surface area (Å²) in [7, 11) is 2.85. The minimum Gasteiger partial charge on any atom is -0.465 e. The van der Waals surface area contributed by atoms with E-state index in [-0.39, 0.29) is 11.4 Å². The van der Waals surface area contributed by atoms with Gasteiger partial charge in [-0.15, -0.1) is 0 Å². The van der Waals surface area contributed by atoms with Gasteiger partial charge in [0.1, 0.15) is 5.82 Å². The zero-order chi connectivity index (χ0) is 21.3. The Bertz CT molecular complexity index is 1010. The lowest BCUT2D eigenvalue weighted by molar-refractivity contribution is 0.0600. The number of nitrogens with one attached hydrogen (secondary N) is 2. The summed E-state index contributed by atoms with van der Waals surface area (Å²) in [6.45, 7) is 0.735. The van der Waals surface area contributed by atoms with Gasteiger partial charge in [-0.25, -0.2) is 14.6 Å². The van der Waals surface area contributed by atoms with Gasteiger partial charge in [0, 0.05) is 31.6 Å². The van der Waals surface area contributed by atoms with Crippen molar-refractivity contribution in [2.24, 2.45) is 0 Å². The van der Waals surface area contributed by atoms with Gasteiger partial charge in [-0.3, -0.25) is 10.3 Å². The van der Waals surface area contributed by atoms with Crippen LogP contribution in [0.4, 0.5) is 10.6 Å². The molecule has 0 atom stereocenters. The quantitative estimate of drug-likeness (QED) is 0.461. The lowest BCUT2D eigenvalue weighted by Gasteiger charge is -2.11. The fraction of sp³-hybridized carbons (Fsp3) is 0.182. The van der Waals surface area contributed by atoms with Crippen LogP contribution in [0.25, 0.3) is 22.4 Å². The van der Waals surface area contributed by atoms with Crippen molar-refractivity contribution in [1.82, 2.24) is 15.3 Å². The summed E-state index contributed by atoms with van der Waals surface area (Å²) in [5, 5.41) is 5.28. The number of pyridine rings is 2. The maximum atomic E-state index is 12.1. The molecule has 0 saturated carbocycles. The van der Waals surface area contributed by atoms with Gasteiger partial charge in [0.25, 0.3) is 0 Å². The van der Waals surface area contributed by atoms with Crippen molar-refractivity contribution in [1.29, 1.82) is 0 Å². The summed E-state index contributed by atoms with van der Waals surface area (Å²) in [5.74, 6) is -0.285. The predicted molar refractivity (Wildman–Crippen MR) is 113 cm³/mol. The van der Waals surface area contributed by atoms with E-state index < -0.39 is 12.0 Å². The Labute approximate surface area is 174 Å². The van der Waals surface area contributed by atoms with Gasteiger partial charge in [0.05, 0.1) is 25.0 Å². The van der Waals surface area contributed by atoms with E-state index in [1.165, 1.54) is 13.2 Å². The first-order valence-electron chi connectivity index (χ1n) is 9.25. The van der Waals surface area contributed by atoms with Crippen LogP contribution in [0.3, 0.4) is 0 Å². The molecular formula is C22H22N4O4. The number of benzene rings is 1. The van der Waals surface area contributed by atoms with Crippen molar-refractivity contribution in [2.75, 3.05) is 32.7 Å². The molecule has 0 radical (unpaired) electrons. The Balaban J connectivity index is 1.87. The van der Waals surface area contributed by atoms with Crippen LogP contribution < -0.4 is 10.6 Å². The molecule has 0 aliphatic carbocycles. The number of anilines is 1. The first kappa shape index (κ1) is 20.9. The fourth-order valence-corrected chi connectivity index (χ4v) is 2.77. The monoisotopic (exact) mass is 406 g/mol. The molecule has 0 saturated heterocycles. The van der Waals surface area contributed by atoms with Crippen LogP contribution in [0.2, 0.25) is 0 Å². The molecule has 8 nitrogen and oxygen atoms in total. The van der Waals surface area contributed by atoms with Crippen LogP contribution >= 0.6 is 0 Å². The van der Waals surface area contributed by atoms with Crippen LogP contribution in [0.5, 0.6) is 0 Å². The molecule has 0 aliphatic heterocycles. The highest BCUT2D eigenvalue weighted by Crippen LogP contribution is 2.25. The lowest BCUT2D eigenvalue weighted by atomic mass is 10.0. The van der Waals surface area contributed by atoms with Gasteiger partial charge < -0.3 is 14.8 Å². The minimum atomic E-state index is -0.520. The van der Waals surface area contributed by atoms with E-state index in [1.807, 2.05) is 36.4 Å². The third-order valence-electron chi connectivity index (χ3n) is 4.26. The van der Waals surface area contributed by atoms with E-state index in [1.54, 1.807) is 25.6 Å². The SMILES string of the molecule is COCCNC(=O)Nc1cc(C(=O)OC)cc(-c2ccc(-c3cccnc3)cc2)n1. The number of amides is 2. The van der Waals surface area contributed by atoms with Crippen molar-refractivity contribution >= 4 is 17.8 Å². The number of methoxy groups -OCH3 is 2. The molecule has 0 aliphatic rings. The average molecular weight is 406 g/mol. The highest BCUT2D eigenvalue weighted by atomic mass is 16.5. The van der Waals surface area contributed by atoms with Gasteiger partial charge in [0.2, 0.25) is 0 Å². The highest BCUT2D eigenvalue weighted by Gasteiger charge is 2.13. The molecule has 8 heteroatoms.